The molecule has 1 aromatic rings. The van der Waals surface area contributed by atoms with Gasteiger partial charge in [0.25, 0.3) is 0 Å². The van der Waals surface area contributed by atoms with Gasteiger partial charge in [-0.2, -0.15) is 0 Å². The third-order valence-corrected chi connectivity index (χ3v) is 4.42. The van der Waals surface area contributed by atoms with Crippen molar-refractivity contribution in [2.45, 2.75) is 44.6 Å². The van der Waals surface area contributed by atoms with Crippen LogP contribution in [0.5, 0.6) is 5.75 Å². The van der Waals surface area contributed by atoms with Gasteiger partial charge >= 0.3 is 5.97 Å². The van der Waals surface area contributed by atoms with E-state index in [4.69, 9.17) is 4.74 Å². The lowest BCUT2D eigenvalue weighted by Gasteiger charge is -2.39. The fourth-order valence-electron chi connectivity index (χ4n) is 3.17. The summed E-state index contributed by atoms with van der Waals surface area (Å²) < 4.78 is 5.22. The highest BCUT2D eigenvalue weighted by Gasteiger charge is 2.48. The monoisotopic (exact) mass is 278 g/mol. The van der Waals surface area contributed by atoms with E-state index >= 15 is 0 Å². The quantitative estimate of drug-likeness (QED) is 0.888. The smallest absolute Gasteiger partial charge is 0.336 e. The summed E-state index contributed by atoms with van der Waals surface area (Å²) in [5.41, 5.74) is 0.306. The molecule has 1 aliphatic carbocycles. The van der Waals surface area contributed by atoms with Crippen molar-refractivity contribution >= 4 is 5.97 Å². The van der Waals surface area contributed by atoms with E-state index in [1.165, 1.54) is 0 Å². The average molecular weight is 278 g/mol. The second-order valence-corrected chi connectivity index (χ2v) is 5.79. The number of carboxylic acids is 1. The zero-order valence-corrected chi connectivity index (χ0v) is 12.2. The molecule has 0 spiro atoms. The van der Waals surface area contributed by atoms with Crippen molar-refractivity contribution in [2.75, 3.05) is 7.11 Å². The largest absolute Gasteiger partial charge is 0.497 e. The van der Waals surface area contributed by atoms with E-state index in [0.29, 0.717) is 6.42 Å². The maximum absolute atomic E-state index is 11.6. The first kappa shape index (κ1) is 14.9. The van der Waals surface area contributed by atoms with Crippen LogP contribution in [0.4, 0.5) is 0 Å². The molecular formula is C16H22O4. The number of aliphatic hydroxyl groups is 1. The summed E-state index contributed by atoms with van der Waals surface area (Å²) in [6, 6.07) is 5.68. The summed E-state index contributed by atoms with van der Waals surface area (Å²) >= 11 is 0. The zero-order valence-electron chi connectivity index (χ0n) is 12.2. The van der Waals surface area contributed by atoms with Crippen LogP contribution in [-0.4, -0.2) is 28.9 Å². The third kappa shape index (κ3) is 2.29. The fourth-order valence-corrected chi connectivity index (χ4v) is 3.17. The van der Waals surface area contributed by atoms with Crippen molar-refractivity contribution in [3.05, 3.63) is 29.3 Å². The number of carbonyl (C=O) groups is 1. The van der Waals surface area contributed by atoms with Gasteiger partial charge in [0, 0.05) is 5.92 Å². The van der Waals surface area contributed by atoms with Crippen LogP contribution in [0.25, 0.3) is 0 Å². The van der Waals surface area contributed by atoms with E-state index in [1.807, 2.05) is 18.2 Å². The first-order valence-electron chi connectivity index (χ1n) is 7.03. The molecule has 2 atom stereocenters. The molecule has 1 aliphatic rings. The van der Waals surface area contributed by atoms with Gasteiger partial charge < -0.3 is 14.9 Å². The first-order valence-corrected chi connectivity index (χ1v) is 7.03. The summed E-state index contributed by atoms with van der Waals surface area (Å²) in [5.74, 6) is -1.08. The van der Waals surface area contributed by atoms with Gasteiger partial charge in [-0.15, -0.1) is 0 Å². The van der Waals surface area contributed by atoms with E-state index < -0.39 is 11.6 Å². The molecule has 110 valence electrons. The molecule has 2 unspecified atom stereocenters. The Morgan fingerprint density at radius 3 is 2.70 bits per heavy atom. The number of ether oxygens (including phenoxy) is 1. The van der Waals surface area contributed by atoms with Gasteiger partial charge in [-0.25, -0.2) is 4.79 Å². The Morgan fingerprint density at radius 2 is 2.15 bits per heavy atom. The van der Waals surface area contributed by atoms with Crippen LogP contribution in [0.3, 0.4) is 0 Å². The molecule has 0 amide bonds. The number of rotatable bonds is 4. The van der Waals surface area contributed by atoms with Crippen LogP contribution in [0.1, 0.15) is 43.7 Å². The van der Waals surface area contributed by atoms with Crippen molar-refractivity contribution < 1.29 is 19.7 Å². The molecule has 0 fully saturated rings. The predicted octanol–water partition coefficient (Wildman–Crippen LogP) is 2.59. The normalized spacial score (nSPS) is 21.1. The lowest BCUT2D eigenvalue weighted by Crippen LogP contribution is -2.50. The minimum Gasteiger partial charge on any atom is -0.497 e. The molecule has 0 bridgehead atoms. The molecular weight excluding hydrogens is 256 g/mol. The molecule has 0 aliphatic heterocycles. The van der Waals surface area contributed by atoms with Gasteiger partial charge in [0.15, 0.2) is 5.60 Å². The molecule has 0 saturated carbocycles. The molecule has 4 nitrogen and oxygen atoms in total. The fraction of sp³-hybridized carbons (Fsp3) is 0.562. The van der Waals surface area contributed by atoms with Crippen molar-refractivity contribution in [3.63, 3.8) is 0 Å². The second kappa shape index (κ2) is 5.44. The molecule has 0 radical (unpaired) electrons. The van der Waals surface area contributed by atoms with Crippen LogP contribution in [0, 0.1) is 5.92 Å². The van der Waals surface area contributed by atoms with Gasteiger partial charge in [0.2, 0.25) is 0 Å². The van der Waals surface area contributed by atoms with Crippen LogP contribution in [-0.2, 0) is 11.2 Å². The number of hydrogen-bond donors (Lipinski definition) is 2. The molecule has 0 heterocycles. The first-order chi connectivity index (χ1) is 9.41. The maximum Gasteiger partial charge on any atom is 0.336 e. The lowest BCUT2D eigenvalue weighted by atomic mass is 9.69. The van der Waals surface area contributed by atoms with E-state index in [0.717, 1.165) is 29.7 Å². The summed E-state index contributed by atoms with van der Waals surface area (Å²) in [7, 11) is 1.61. The number of carboxylic acid groups (broad SMARTS) is 1. The van der Waals surface area contributed by atoms with Crippen LogP contribution in [0.2, 0.25) is 0 Å². The number of benzene rings is 1. The minimum absolute atomic E-state index is 0.349. The predicted molar refractivity (Wildman–Crippen MR) is 76.1 cm³/mol. The van der Waals surface area contributed by atoms with Crippen molar-refractivity contribution in [1.82, 2.24) is 0 Å². The summed E-state index contributed by atoms with van der Waals surface area (Å²) in [6.45, 7) is 3.51. The Hall–Kier alpha value is -1.55. The van der Waals surface area contributed by atoms with E-state index in [9.17, 15) is 15.0 Å². The number of fused-ring (bicyclic) bond motifs is 1. The van der Waals surface area contributed by atoms with E-state index in [-0.39, 0.29) is 11.8 Å². The van der Waals surface area contributed by atoms with Crippen LogP contribution < -0.4 is 4.74 Å². The highest BCUT2D eigenvalue weighted by atomic mass is 16.5. The summed E-state index contributed by atoms with van der Waals surface area (Å²) in [6.07, 6.45) is 2.48. The van der Waals surface area contributed by atoms with Gasteiger partial charge in [0.05, 0.1) is 7.11 Å². The Kier molecular flexibility index (Phi) is 4.04. The van der Waals surface area contributed by atoms with Gasteiger partial charge in [-0.1, -0.05) is 19.9 Å². The van der Waals surface area contributed by atoms with E-state index in [2.05, 4.69) is 0 Å². The van der Waals surface area contributed by atoms with E-state index in [1.54, 1.807) is 21.0 Å². The highest BCUT2D eigenvalue weighted by molar-refractivity contribution is 5.79. The van der Waals surface area contributed by atoms with Crippen LogP contribution >= 0.6 is 0 Å². The van der Waals surface area contributed by atoms with Crippen molar-refractivity contribution in [3.8, 4) is 5.75 Å². The zero-order chi connectivity index (χ0) is 14.9. The van der Waals surface area contributed by atoms with Gasteiger partial charge in [0.1, 0.15) is 5.75 Å². The molecule has 1 aromatic carbocycles. The number of aryl methyl sites for hydroxylation is 1. The standard InChI is InChI=1S/C16H22O4/c1-10(2)16(19,15(17)18)14-6-4-5-11-9-12(20-3)7-8-13(11)14/h7-10,14,19H,4-6H2,1-3H3,(H,17,18). The molecule has 2 rings (SSSR count). The third-order valence-electron chi connectivity index (χ3n) is 4.42. The highest BCUT2D eigenvalue weighted by Crippen LogP contribution is 2.43. The Balaban J connectivity index is 2.49. The van der Waals surface area contributed by atoms with Crippen molar-refractivity contribution in [1.29, 1.82) is 0 Å². The van der Waals surface area contributed by atoms with Gasteiger partial charge in [-0.3, -0.25) is 0 Å². The van der Waals surface area contributed by atoms with Gasteiger partial charge in [-0.05, 0) is 48.4 Å². The van der Waals surface area contributed by atoms with Crippen molar-refractivity contribution in [2.24, 2.45) is 5.92 Å². The Morgan fingerprint density at radius 1 is 1.45 bits per heavy atom. The number of hydrogen-bond acceptors (Lipinski definition) is 3. The molecule has 0 saturated heterocycles. The summed E-state index contributed by atoms with van der Waals surface area (Å²) in [4.78, 5) is 11.6. The minimum atomic E-state index is -1.72. The second-order valence-electron chi connectivity index (χ2n) is 5.79. The maximum atomic E-state index is 11.6. The SMILES string of the molecule is COc1ccc2c(c1)CCCC2C(O)(C(=O)O)C(C)C. The Bertz CT molecular complexity index is 509. The number of methoxy groups -OCH3 is 1. The molecule has 0 aromatic heterocycles. The lowest BCUT2D eigenvalue weighted by molar-refractivity contribution is -0.167. The molecule has 2 N–H and O–H groups in total. The molecule has 20 heavy (non-hydrogen) atoms. The summed E-state index contributed by atoms with van der Waals surface area (Å²) in [5, 5.41) is 20.2. The Labute approximate surface area is 119 Å². The molecule has 4 heteroatoms. The van der Waals surface area contributed by atoms with Crippen LogP contribution in [0.15, 0.2) is 18.2 Å². The average Bonchev–Trinajstić information content (AvgIpc) is 2.44. The number of aliphatic carboxylic acids is 1. The topological polar surface area (TPSA) is 66.8 Å².